The van der Waals surface area contributed by atoms with E-state index in [-0.39, 0.29) is 0 Å². The Morgan fingerprint density at radius 3 is 2.64 bits per heavy atom. The number of hydrogen-bond acceptors (Lipinski definition) is 5. The Morgan fingerprint density at radius 1 is 1.14 bits per heavy atom. The van der Waals surface area contributed by atoms with Gasteiger partial charge in [-0.25, -0.2) is 14.8 Å². The number of carbonyl (C=O) groups is 1. The Kier molecular flexibility index (Phi) is 3.70. The number of anilines is 1. The lowest BCUT2D eigenvalue weighted by Crippen LogP contribution is -2.07. The van der Waals surface area contributed by atoms with E-state index in [4.69, 9.17) is 10.5 Å². The molecule has 5 heteroatoms. The average Bonchev–Trinajstić information content (AvgIpc) is 2.54. The molecule has 0 spiro atoms. The summed E-state index contributed by atoms with van der Waals surface area (Å²) >= 11 is 0. The molecule has 2 aromatic heterocycles. The third-order valence-corrected chi connectivity index (χ3v) is 3.26. The van der Waals surface area contributed by atoms with Crippen molar-refractivity contribution in [2.75, 3.05) is 12.3 Å². The number of rotatable bonds is 3. The number of fused-ring (bicyclic) bond motifs is 1. The highest BCUT2D eigenvalue weighted by molar-refractivity contribution is 6.04. The quantitative estimate of drug-likeness (QED) is 0.751. The molecule has 0 atom stereocenters. The number of pyridine rings is 2. The van der Waals surface area contributed by atoms with Crippen LogP contribution in [0.4, 0.5) is 5.82 Å². The molecule has 0 amide bonds. The van der Waals surface area contributed by atoms with Gasteiger partial charge in [-0.05, 0) is 25.1 Å². The maximum Gasteiger partial charge on any atom is 0.338 e. The van der Waals surface area contributed by atoms with E-state index < -0.39 is 5.97 Å². The minimum Gasteiger partial charge on any atom is -0.462 e. The molecule has 2 N–H and O–H groups in total. The smallest absolute Gasteiger partial charge is 0.338 e. The van der Waals surface area contributed by atoms with Gasteiger partial charge < -0.3 is 10.5 Å². The number of nitrogens with two attached hydrogens (primary N) is 1. The lowest BCUT2D eigenvalue weighted by atomic mass is 10.1. The van der Waals surface area contributed by atoms with Crippen LogP contribution >= 0.6 is 0 Å². The number of hydrogen-bond donors (Lipinski definition) is 1. The second-order valence-electron chi connectivity index (χ2n) is 4.75. The Bertz CT molecular complexity index is 832. The van der Waals surface area contributed by atoms with E-state index in [1.165, 1.54) is 0 Å². The summed E-state index contributed by atoms with van der Waals surface area (Å²) in [4.78, 5) is 21.0. The lowest BCUT2D eigenvalue weighted by Gasteiger charge is -2.09. The summed E-state index contributed by atoms with van der Waals surface area (Å²) in [6, 6.07) is 14.7. The standard InChI is InChI=1S/C17H15N3O2/c1-2-22-17(21)13-10-14(11-6-4-3-5-7-11)19-16-12(13)8-9-15(18)20-16/h3-10H,2H2,1H3,(H2,18,19,20). The van der Waals surface area contributed by atoms with Crippen LogP contribution in [0, 0.1) is 0 Å². The summed E-state index contributed by atoms with van der Waals surface area (Å²) in [5, 5.41) is 0.632. The number of nitrogens with zero attached hydrogens (tertiary/aromatic N) is 2. The van der Waals surface area contributed by atoms with Crippen LogP contribution in [0.15, 0.2) is 48.5 Å². The van der Waals surface area contributed by atoms with Crippen LogP contribution in [0.2, 0.25) is 0 Å². The number of carbonyl (C=O) groups excluding carboxylic acids is 1. The van der Waals surface area contributed by atoms with Gasteiger partial charge in [0.2, 0.25) is 0 Å². The molecule has 1 aromatic carbocycles. The highest BCUT2D eigenvalue weighted by Crippen LogP contribution is 2.25. The fourth-order valence-electron chi connectivity index (χ4n) is 2.25. The second kappa shape index (κ2) is 5.81. The molecule has 5 nitrogen and oxygen atoms in total. The molecular formula is C17H15N3O2. The maximum atomic E-state index is 12.2. The Morgan fingerprint density at radius 2 is 1.91 bits per heavy atom. The third kappa shape index (κ3) is 2.61. The predicted molar refractivity (Wildman–Crippen MR) is 85.3 cm³/mol. The largest absolute Gasteiger partial charge is 0.462 e. The molecule has 0 aliphatic rings. The van der Waals surface area contributed by atoms with Gasteiger partial charge in [0, 0.05) is 10.9 Å². The molecule has 3 rings (SSSR count). The monoisotopic (exact) mass is 293 g/mol. The van der Waals surface area contributed by atoms with Gasteiger partial charge in [-0.15, -0.1) is 0 Å². The van der Waals surface area contributed by atoms with Crippen molar-refractivity contribution in [3.63, 3.8) is 0 Å². The first-order valence-corrected chi connectivity index (χ1v) is 6.99. The molecule has 0 radical (unpaired) electrons. The van der Waals surface area contributed by atoms with Gasteiger partial charge in [-0.2, -0.15) is 0 Å². The topological polar surface area (TPSA) is 78.1 Å². The Labute approximate surface area is 127 Å². The third-order valence-electron chi connectivity index (χ3n) is 3.26. The Hall–Kier alpha value is -2.95. The van der Waals surface area contributed by atoms with Crippen molar-refractivity contribution >= 4 is 22.8 Å². The van der Waals surface area contributed by atoms with Crippen molar-refractivity contribution in [3.8, 4) is 11.3 Å². The fraction of sp³-hybridized carbons (Fsp3) is 0.118. The zero-order valence-corrected chi connectivity index (χ0v) is 12.1. The van der Waals surface area contributed by atoms with E-state index in [0.717, 1.165) is 5.56 Å². The number of benzene rings is 1. The minimum absolute atomic E-state index is 0.311. The van der Waals surface area contributed by atoms with Gasteiger partial charge in [0.25, 0.3) is 0 Å². The molecule has 0 bridgehead atoms. The van der Waals surface area contributed by atoms with Crippen molar-refractivity contribution < 1.29 is 9.53 Å². The van der Waals surface area contributed by atoms with Crippen LogP contribution in [0.5, 0.6) is 0 Å². The van der Waals surface area contributed by atoms with Crippen LogP contribution in [0.1, 0.15) is 17.3 Å². The molecule has 110 valence electrons. The van der Waals surface area contributed by atoms with Crippen molar-refractivity contribution in [1.82, 2.24) is 9.97 Å². The Balaban J connectivity index is 2.25. The van der Waals surface area contributed by atoms with Crippen molar-refractivity contribution in [2.45, 2.75) is 6.92 Å². The number of aromatic nitrogens is 2. The molecule has 3 aromatic rings. The average molecular weight is 293 g/mol. The summed E-state index contributed by atoms with van der Waals surface area (Å²) in [6.07, 6.45) is 0. The van der Waals surface area contributed by atoms with Crippen LogP contribution < -0.4 is 5.73 Å². The van der Waals surface area contributed by atoms with E-state index in [0.29, 0.717) is 34.7 Å². The highest BCUT2D eigenvalue weighted by Gasteiger charge is 2.15. The van der Waals surface area contributed by atoms with Crippen molar-refractivity contribution in [1.29, 1.82) is 0 Å². The van der Waals surface area contributed by atoms with E-state index in [2.05, 4.69) is 9.97 Å². The van der Waals surface area contributed by atoms with Crippen LogP contribution in [0.3, 0.4) is 0 Å². The molecule has 22 heavy (non-hydrogen) atoms. The summed E-state index contributed by atoms with van der Waals surface area (Å²) in [7, 11) is 0. The second-order valence-corrected chi connectivity index (χ2v) is 4.75. The molecular weight excluding hydrogens is 278 g/mol. The molecule has 2 heterocycles. The zero-order chi connectivity index (χ0) is 15.5. The number of ether oxygens (including phenoxy) is 1. The first kappa shape index (κ1) is 14.0. The van der Waals surface area contributed by atoms with Gasteiger partial charge in [0.15, 0.2) is 5.65 Å². The first-order valence-electron chi connectivity index (χ1n) is 6.99. The predicted octanol–water partition coefficient (Wildman–Crippen LogP) is 3.06. The van der Waals surface area contributed by atoms with Crippen LogP contribution in [-0.4, -0.2) is 22.5 Å². The van der Waals surface area contributed by atoms with E-state index in [9.17, 15) is 4.79 Å². The van der Waals surface area contributed by atoms with Gasteiger partial charge in [0.05, 0.1) is 17.9 Å². The van der Waals surface area contributed by atoms with Gasteiger partial charge in [-0.3, -0.25) is 0 Å². The van der Waals surface area contributed by atoms with E-state index >= 15 is 0 Å². The highest BCUT2D eigenvalue weighted by atomic mass is 16.5. The van der Waals surface area contributed by atoms with Gasteiger partial charge in [-0.1, -0.05) is 30.3 Å². The number of esters is 1. The summed E-state index contributed by atoms with van der Waals surface area (Å²) in [6.45, 7) is 2.08. The molecule has 0 aliphatic carbocycles. The van der Waals surface area contributed by atoms with Crippen LogP contribution in [-0.2, 0) is 4.74 Å². The van der Waals surface area contributed by atoms with Crippen molar-refractivity contribution in [2.24, 2.45) is 0 Å². The maximum absolute atomic E-state index is 12.2. The van der Waals surface area contributed by atoms with Gasteiger partial charge >= 0.3 is 5.97 Å². The summed E-state index contributed by atoms with van der Waals surface area (Å²) in [5.74, 6) is -0.0290. The molecule has 0 unspecified atom stereocenters. The fourth-order valence-corrected chi connectivity index (χ4v) is 2.25. The SMILES string of the molecule is CCOC(=O)c1cc(-c2ccccc2)nc2nc(N)ccc12. The molecule has 0 saturated carbocycles. The molecule has 0 fully saturated rings. The zero-order valence-electron chi connectivity index (χ0n) is 12.1. The normalized spacial score (nSPS) is 10.6. The summed E-state index contributed by atoms with van der Waals surface area (Å²) in [5.41, 5.74) is 8.17. The molecule has 0 saturated heterocycles. The van der Waals surface area contributed by atoms with Crippen LogP contribution in [0.25, 0.3) is 22.3 Å². The number of nitrogen functional groups attached to an aromatic ring is 1. The van der Waals surface area contributed by atoms with Crippen molar-refractivity contribution in [3.05, 3.63) is 54.1 Å². The summed E-state index contributed by atoms with van der Waals surface area (Å²) < 4.78 is 5.13. The lowest BCUT2D eigenvalue weighted by molar-refractivity contribution is 0.0528. The van der Waals surface area contributed by atoms with Gasteiger partial charge in [0.1, 0.15) is 5.82 Å². The van der Waals surface area contributed by atoms with E-state index in [1.807, 2.05) is 30.3 Å². The minimum atomic E-state index is -0.390. The first-order chi connectivity index (χ1) is 10.7. The van der Waals surface area contributed by atoms with E-state index in [1.54, 1.807) is 25.1 Å². The molecule has 0 aliphatic heterocycles.